The second-order valence-electron chi connectivity index (χ2n) is 6.68. The molecule has 1 aromatic rings. The van der Waals surface area contributed by atoms with Gasteiger partial charge in [0.05, 0.1) is 5.69 Å². The summed E-state index contributed by atoms with van der Waals surface area (Å²) in [4.78, 5) is 16.0. The summed E-state index contributed by atoms with van der Waals surface area (Å²) in [5.41, 5.74) is 0.571. The molecule has 22 heavy (non-hydrogen) atoms. The molecule has 0 atom stereocenters. The number of hydrogen-bond donors (Lipinski definition) is 2. The number of ether oxygens (including phenoxy) is 1. The molecule has 1 fully saturated rings. The van der Waals surface area contributed by atoms with Crippen LogP contribution in [0.4, 0.5) is 10.5 Å². The molecule has 2 rings (SSSR count). The van der Waals surface area contributed by atoms with E-state index in [-0.39, 0.29) is 12.1 Å². The van der Waals surface area contributed by atoms with Gasteiger partial charge < -0.3 is 15.4 Å². The van der Waals surface area contributed by atoms with Gasteiger partial charge in [-0.15, -0.1) is 0 Å². The third-order valence-electron chi connectivity index (χ3n) is 3.57. The third-order valence-corrected chi connectivity index (χ3v) is 4.20. The Morgan fingerprint density at radius 2 is 1.91 bits per heavy atom. The number of pyridine rings is 1. The minimum absolute atomic E-state index is 0.199. The number of carbonyl (C=O) groups is 1. The Morgan fingerprint density at radius 3 is 2.50 bits per heavy atom. The fraction of sp³-hybridized carbons (Fsp3) is 0.625. The molecule has 1 saturated carbocycles. The van der Waals surface area contributed by atoms with Crippen molar-refractivity contribution < 1.29 is 9.53 Å². The van der Waals surface area contributed by atoms with E-state index in [4.69, 9.17) is 4.74 Å². The molecule has 1 aliphatic rings. The zero-order valence-corrected chi connectivity index (χ0v) is 14.9. The van der Waals surface area contributed by atoms with Crippen molar-refractivity contribution in [1.29, 1.82) is 0 Å². The van der Waals surface area contributed by atoms with E-state index >= 15 is 0 Å². The Balaban J connectivity index is 1.76. The van der Waals surface area contributed by atoms with Crippen LogP contribution in [0.5, 0.6) is 0 Å². The van der Waals surface area contributed by atoms with Gasteiger partial charge in [0.2, 0.25) is 0 Å². The second-order valence-corrected chi connectivity index (χ2v) is 7.43. The molecule has 6 heteroatoms. The van der Waals surface area contributed by atoms with Crippen molar-refractivity contribution in [3.05, 3.63) is 22.9 Å². The van der Waals surface area contributed by atoms with Crippen molar-refractivity contribution in [2.24, 2.45) is 0 Å². The summed E-state index contributed by atoms with van der Waals surface area (Å²) in [6.45, 7) is 5.62. The minimum atomic E-state index is -0.449. The molecule has 0 saturated heterocycles. The Morgan fingerprint density at radius 1 is 1.27 bits per heavy atom. The zero-order valence-electron chi connectivity index (χ0n) is 13.4. The molecule has 0 aliphatic heterocycles. The summed E-state index contributed by atoms with van der Waals surface area (Å²) < 4.78 is 6.14. The molecule has 5 nitrogen and oxygen atoms in total. The predicted octanol–water partition coefficient (Wildman–Crippen LogP) is 4.09. The molecule has 1 aromatic heterocycles. The largest absolute Gasteiger partial charge is 0.444 e. The van der Waals surface area contributed by atoms with Gasteiger partial charge in [0.25, 0.3) is 0 Å². The van der Waals surface area contributed by atoms with Crippen molar-refractivity contribution in [2.75, 3.05) is 5.32 Å². The van der Waals surface area contributed by atoms with Crippen molar-refractivity contribution in [3.8, 4) is 0 Å². The van der Waals surface area contributed by atoms with E-state index in [1.165, 1.54) is 0 Å². The van der Waals surface area contributed by atoms with Crippen LogP contribution in [-0.2, 0) is 4.74 Å². The van der Waals surface area contributed by atoms with Gasteiger partial charge in [-0.05, 0) is 74.5 Å². The molecule has 1 heterocycles. The standard InChI is InChI=1S/C16H24BrN3O2/c1-16(2,3)22-15(21)20-12-8-6-11(7-9-12)19-13-5-4-10-18-14(13)17/h4-5,10-12,19H,6-9H2,1-3H3,(H,20,21). The van der Waals surface area contributed by atoms with E-state index < -0.39 is 5.60 Å². The minimum Gasteiger partial charge on any atom is -0.444 e. The van der Waals surface area contributed by atoms with Gasteiger partial charge in [0.15, 0.2) is 0 Å². The summed E-state index contributed by atoms with van der Waals surface area (Å²) in [6, 6.07) is 4.55. The van der Waals surface area contributed by atoms with Crippen LogP contribution in [0.15, 0.2) is 22.9 Å². The summed E-state index contributed by atoms with van der Waals surface area (Å²) in [5.74, 6) is 0. The summed E-state index contributed by atoms with van der Waals surface area (Å²) in [6.07, 6.45) is 5.38. The maximum Gasteiger partial charge on any atom is 0.407 e. The number of halogens is 1. The summed E-state index contributed by atoms with van der Waals surface area (Å²) in [5, 5.41) is 6.47. The molecule has 0 bridgehead atoms. The van der Waals surface area contributed by atoms with Crippen LogP contribution in [0.1, 0.15) is 46.5 Å². The van der Waals surface area contributed by atoms with Gasteiger partial charge in [-0.2, -0.15) is 0 Å². The van der Waals surface area contributed by atoms with Gasteiger partial charge in [0, 0.05) is 18.3 Å². The maximum absolute atomic E-state index is 11.8. The van der Waals surface area contributed by atoms with Crippen LogP contribution in [0.25, 0.3) is 0 Å². The lowest BCUT2D eigenvalue weighted by atomic mass is 9.91. The molecule has 1 aliphatic carbocycles. The van der Waals surface area contributed by atoms with E-state index in [2.05, 4.69) is 31.5 Å². The van der Waals surface area contributed by atoms with Gasteiger partial charge in [0.1, 0.15) is 10.2 Å². The van der Waals surface area contributed by atoms with Gasteiger partial charge in [-0.1, -0.05) is 0 Å². The monoisotopic (exact) mass is 369 g/mol. The first-order chi connectivity index (χ1) is 10.3. The lowest BCUT2D eigenvalue weighted by Gasteiger charge is -2.31. The van der Waals surface area contributed by atoms with Crippen LogP contribution in [-0.4, -0.2) is 28.8 Å². The number of nitrogens with zero attached hydrogens (tertiary/aromatic N) is 1. The van der Waals surface area contributed by atoms with Crippen LogP contribution >= 0.6 is 15.9 Å². The average Bonchev–Trinajstić information content (AvgIpc) is 2.41. The van der Waals surface area contributed by atoms with Crippen molar-refractivity contribution in [3.63, 3.8) is 0 Å². The van der Waals surface area contributed by atoms with Crippen molar-refractivity contribution in [2.45, 2.75) is 64.1 Å². The molecule has 1 amide bonds. The Hall–Kier alpha value is -1.30. The van der Waals surface area contributed by atoms with Gasteiger partial charge >= 0.3 is 6.09 Å². The third kappa shape index (κ3) is 5.48. The van der Waals surface area contributed by atoms with E-state index in [9.17, 15) is 4.79 Å². The van der Waals surface area contributed by atoms with Crippen LogP contribution in [0, 0.1) is 0 Å². The number of aromatic nitrogens is 1. The van der Waals surface area contributed by atoms with Gasteiger partial charge in [-0.3, -0.25) is 0 Å². The molecule has 2 N–H and O–H groups in total. The van der Waals surface area contributed by atoms with Gasteiger partial charge in [-0.25, -0.2) is 9.78 Å². The lowest BCUT2D eigenvalue weighted by Crippen LogP contribution is -2.42. The van der Waals surface area contributed by atoms with E-state index in [0.29, 0.717) is 6.04 Å². The highest BCUT2D eigenvalue weighted by Gasteiger charge is 2.24. The summed E-state index contributed by atoms with van der Waals surface area (Å²) >= 11 is 3.45. The normalized spacial score (nSPS) is 22.0. The van der Waals surface area contributed by atoms with Crippen molar-refractivity contribution in [1.82, 2.24) is 10.3 Å². The Kier molecular flexibility index (Phi) is 5.67. The molecule has 0 unspecified atom stereocenters. The number of anilines is 1. The molecular weight excluding hydrogens is 346 g/mol. The summed E-state index contributed by atoms with van der Waals surface area (Å²) in [7, 11) is 0. The number of rotatable bonds is 3. The molecule has 0 radical (unpaired) electrons. The average molecular weight is 370 g/mol. The molecule has 122 valence electrons. The quantitative estimate of drug-likeness (QED) is 0.787. The Bertz CT molecular complexity index is 508. The lowest BCUT2D eigenvalue weighted by molar-refractivity contribution is 0.0492. The molecule has 0 aromatic carbocycles. The molecular formula is C16H24BrN3O2. The first kappa shape index (κ1) is 17.1. The highest BCUT2D eigenvalue weighted by Crippen LogP contribution is 2.25. The van der Waals surface area contributed by atoms with E-state index in [1.807, 2.05) is 32.9 Å². The smallest absolute Gasteiger partial charge is 0.407 e. The topological polar surface area (TPSA) is 63.2 Å². The highest BCUT2D eigenvalue weighted by molar-refractivity contribution is 9.10. The van der Waals surface area contributed by atoms with Crippen molar-refractivity contribution >= 4 is 27.7 Å². The van der Waals surface area contributed by atoms with E-state index in [0.717, 1.165) is 36.0 Å². The number of carbonyl (C=O) groups excluding carboxylic acids is 1. The first-order valence-electron chi connectivity index (χ1n) is 7.70. The highest BCUT2D eigenvalue weighted by atomic mass is 79.9. The predicted molar refractivity (Wildman–Crippen MR) is 91.0 cm³/mol. The number of amides is 1. The van der Waals surface area contributed by atoms with E-state index in [1.54, 1.807) is 6.20 Å². The van der Waals surface area contributed by atoms with Crippen LogP contribution in [0.2, 0.25) is 0 Å². The van der Waals surface area contributed by atoms with Crippen LogP contribution < -0.4 is 10.6 Å². The number of alkyl carbamates (subject to hydrolysis) is 1. The zero-order chi connectivity index (χ0) is 16.2. The van der Waals surface area contributed by atoms with Crippen LogP contribution in [0.3, 0.4) is 0 Å². The number of nitrogens with one attached hydrogen (secondary N) is 2. The number of hydrogen-bond acceptors (Lipinski definition) is 4. The fourth-order valence-electron chi connectivity index (χ4n) is 2.57. The SMILES string of the molecule is CC(C)(C)OC(=O)NC1CCC(Nc2cccnc2Br)CC1. The maximum atomic E-state index is 11.8. The second kappa shape index (κ2) is 7.31. The first-order valence-corrected chi connectivity index (χ1v) is 8.49. The fourth-order valence-corrected chi connectivity index (χ4v) is 2.93. The Labute approximate surface area is 140 Å². The molecule has 0 spiro atoms.